The van der Waals surface area contributed by atoms with Crippen molar-refractivity contribution in [3.63, 3.8) is 0 Å². The number of rotatable bonds is 7. The molecule has 0 spiro atoms. The topological polar surface area (TPSA) is 106 Å². The molecule has 0 aliphatic rings. The second-order valence-electron chi connectivity index (χ2n) is 5.02. The van der Waals surface area contributed by atoms with Crippen molar-refractivity contribution in [3.05, 3.63) is 41.7 Å². The van der Waals surface area contributed by atoms with Crippen LogP contribution in [0.15, 0.2) is 30.5 Å². The van der Waals surface area contributed by atoms with Crippen molar-refractivity contribution in [2.24, 2.45) is 0 Å². The predicted molar refractivity (Wildman–Crippen MR) is 80.9 cm³/mol. The molecule has 2 N–H and O–H groups in total. The third kappa shape index (κ3) is 4.53. The van der Waals surface area contributed by atoms with Crippen LogP contribution in [0.2, 0.25) is 0 Å². The minimum Gasteiger partial charge on any atom is -0.497 e. The van der Waals surface area contributed by atoms with E-state index in [1.807, 2.05) is 24.3 Å². The largest absolute Gasteiger partial charge is 0.497 e. The van der Waals surface area contributed by atoms with Gasteiger partial charge in [-0.25, -0.2) is 4.68 Å². The fraction of sp³-hybridized carbons (Fsp3) is 0.333. The number of carbonyl (C=O) groups excluding carboxylic acids is 1. The highest BCUT2D eigenvalue weighted by Gasteiger charge is 2.16. The van der Waals surface area contributed by atoms with Gasteiger partial charge in [0, 0.05) is 0 Å². The maximum atomic E-state index is 12.2. The van der Waals surface area contributed by atoms with Crippen molar-refractivity contribution in [1.29, 1.82) is 0 Å². The van der Waals surface area contributed by atoms with Crippen molar-refractivity contribution in [3.8, 4) is 5.75 Å². The van der Waals surface area contributed by atoms with E-state index < -0.39 is 5.97 Å². The Bertz CT molecular complexity index is 698. The summed E-state index contributed by atoms with van der Waals surface area (Å²) in [6, 6.07) is 7.31. The minimum absolute atomic E-state index is 0.161. The lowest BCUT2D eigenvalue weighted by molar-refractivity contribution is -0.138. The first-order valence-electron chi connectivity index (χ1n) is 7.02. The quantitative estimate of drug-likeness (QED) is 0.782. The molecule has 2 rings (SSSR count). The standard InChI is InChI=1S/C15H18N4O4/c1-10(11-4-3-5-13(6-11)23-2)15(22)16-7-12-8-19(18-17-12)9-14(20)21/h3-6,8,10H,7,9H2,1-2H3,(H,16,22)(H,20,21). The summed E-state index contributed by atoms with van der Waals surface area (Å²) in [5.41, 5.74) is 1.34. The van der Waals surface area contributed by atoms with Crippen molar-refractivity contribution in [2.75, 3.05) is 7.11 Å². The molecule has 0 saturated heterocycles. The summed E-state index contributed by atoms with van der Waals surface area (Å²) >= 11 is 0. The molecule has 8 heteroatoms. The number of amides is 1. The van der Waals surface area contributed by atoms with Crippen LogP contribution in [0.5, 0.6) is 5.75 Å². The Balaban J connectivity index is 1.93. The number of ether oxygens (including phenoxy) is 1. The number of hydrogen-bond donors (Lipinski definition) is 2. The van der Waals surface area contributed by atoms with Crippen LogP contribution in [-0.4, -0.2) is 39.1 Å². The number of carboxylic acid groups (broad SMARTS) is 1. The number of carboxylic acids is 1. The molecule has 1 heterocycles. The maximum absolute atomic E-state index is 12.2. The van der Waals surface area contributed by atoms with Gasteiger partial charge in [0.05, 0.1) is 25.8 Å². The number of nitrogens with zero attached hydrogens (tertiary/aromatic N) is 3. The second-order valence-corrected chi connectivity index (χ2v) is 5.02. The van der Waals surface area contributed by atoms with Gasteiger partial charge in [-0.1, -0.05) is 17.3 Å². The molecule has 1 atom stereocenters. The van der Waals surface area contributed by atoms with Crippen LogP contribution < -0.4 is 10.1 Å². The van der Waals surface area contributed by atoms with Crippen molar-refractivity contribution in [2.45, 2.75) is 25.9 Å². The molecule has 0 aliphatic carbocycles. The highest BCUT2D eigenvalue weighted by atomic mass is 16.5. The summed E-state index contributed by atoms with van der Waals surface area (Å²) in [6.07, 6.45) is 1.49. The third-order valence-corrected chi connectivity index (χ3v) is 3.31. The van der Waals surface area contributed by atoms with Gasteiger partial charge in [0.25, 0.3) is 0 Å². The van der Waals surface area contributed by atoms with Crippen molar-refractivity contribution < 1.29 is 19.4 Å². The number of hydrogen-bond acceptors (Lipinski definition) is 5. The molecule has 0 fully saturated rings. The van der Waals surface area contributed by atoms with Crippen LogP contribution in [0.3, 0.4) is 0 Å². The van der Waals surface area contributed by atoms with E-state index in [1.54, 1.807) is 14.0 Å². The molecule has 122 valence electrons. The molecular weight excluding hydrogens is 300 g/mol. The SMILES string of the molecule is COc1cccc(C(C)C(=O)NCc2cn(CC(=O)O)nn2)c1. The Morgan fingerprint density at radius 1 is 1.43 bits per heavy atom. The molecule has 0 aliphatic heterocycles. The smallest absolute Gasteiger partial charge is 0.325 e. The molecular formula is C15H18N4O4. The summed E-state index contributed by atoms with van der Waals surface area (Å²) in [4.78, 5) is 22.8. The minimum atomic E-state index is -1.00. The summed E-state index contributed by atoms with van der Waals surface area (Å²) in [5, 5.41) is 18.9. The molecule has 0 saturated carbocycles. The predicted octanol–water partition coefficient (Wildman–Crippen LogP) is 0.791. The van der Waals surface area contributed by atoms with E-state index in [2.05, 4.69) is 15.6 Å². The second kappa shape index (κ2) is 7.39. The van der Waals surface area contributed by atoms with Gasteiger partial charge >= 0.3 is 5.97 Å². The molecule has 2 aromatic rings. The molecule has 1 aromatic heterocycles. The summed E-state index contributed by atoms with van der Waals surface area (Å²) in [5.74, 6) is -0.818. The van der Waals surface area contributed by atoms with Crippen molar-refractivity contribution >= 4 is 11.9 Å². The first-order chi connectivity index (χ1) is 11.0. The van der Waals surface area contributed by atoms with Gasteiger partial charge in [0.2, 0.25) is 5.91 Å². The summed E-state index contributed by atoms with van der Waals surface area (Å²) in [6.45, 7) is 1.72. The van der Waals surface area contributed by atoms with Crippen LogP contribution in [0, 0.1) is 0 Å². The average molecular weight is 318 g/mol. The molecule has 8 nitrogen and oxygen atoms in total. The monoisotopic (exact) mass is 318 g/mol. The highest BCUT2D eigenvalue weighted by Crippen LogP contribution is 2.20. The van der Waals surface area contributed by atoms with Gasteiger partial charge in [-0.15, -0.1) is 5.10 Å². The number of aromatic nitrogens is 3. The fourth-order valence-corrected chi connectivity index (χ4v) is 2.03. The highest BCUT2D eigenvalue weighted by molar-refractivity contribution is 5.83. The zero-order valence-electron chi connectivity index (χ0n) is 12.9. The van der Waals surface area contributed by atoms with Gasteiger partial charge in [-0.05, 0) is 24.6 Å². The molecule has 1 unspecified atom stereocenters. The van der Waals surface area contributed by atoms with E-state index in [-0.39, 0.29) is 24.9 Å². The molecule has 1 aromatic carbocycles. The lowest BCUT2D eigenvalue weighted by Crippen LogP contribution is -2.27. The third-order valence-electron chi connectivity index (χ3n) is 3.31. The molecule has 1 amide bonds. The zero-order valence-corrected chi connectivity index (χ0v) is 12.9. The van der Waals surface area contributed by atoms with Crippen LogP contribution >= 0.6 is 0 Å². The van der Waals surface area contributed by atoms with E-state index in [1.165, 1.54) is 10.9 Å². The number of aliphatic carboxylic acids is 1. The Kier molecular flexibility index (Phi) is 5.29. The number of methoxy groups -OCH3 is 1. The van der Waals surface area contributed by atoms with Crippen LogP contribution in [-0.2, 0) is 22.7 Å². The summed E-state index contributed by atoms with van der Waals surface area (Å²) < 4.78 is 6.35. The number of carbonyl (C=O) groups is 2. The van der Waals surface area contributed by atoms with E-state index in [0.717, 1.165) is 5.56 Å². The lowest BCUT2D eigenvalue weighted by atomic mass is 10.00. The van der Waals surface area contributed by atoms with E-state index in [4.69, 9.17) is 9.84 Å². The normalized spacial score (nSPS) is 11.7. The maximum Gasteiger partial charge on any atom is 0.325 e. The molecule has 0 radical (unpaired) electrons. The van der Waals surface area contributed by atoms with Gasteiger partial charge in [-0.2, -0.15) is 0 Å². The fourth-order valence-electron chi connectivity index (χ4n) is 2.03. The van der Waals surface area contributed by atoms with Crippen LogP contribution in [0.1, 0.15) is 24.1 Å². The Morgan fingerprint density at radius 3 is 2.91 bits per heavy atom. The van der Waals surface area contributed by atoms with E-state index in [9.17, 15) is 9.59 Å². The van der Waals surface area contributed by atoms with Crippen molar-refractivity contribution in [1.82, 2.24) is 20.3 Å². The molecule has 0 bridgehead atoms. The first kappa shape index (κ1) is 16.5. The van der Waals surface area contributed by atoms with Gasteiger partial charge in [0.15, 0.2) is 0 Å². The van der Waals surface area contributed by atoms with E-state index in [0.29, 0.717) is 11.4 Å². The Hall–Kier alpha value is -2.90. The average Bonchev–Trinajstić information content (AvgIpc) is 2.98. The molecule has 23 heavy (non-hydrogen) atoms. The Labute approximate surface area is 133 Å². The van der Waals surface area contributed by atoms with Gasteiger partial charge in [0.1, 0.15) is 18.0 Å². The van der Waals surface area contributed by atoms with Crippen LogP contribution in [0.4, 0.5) is 0 Å². The lowest BCUT2D eigenvalue weighted by Gasteiger charge is -2.12. The van der Waals surface area contributed by atoms with E-state index >= 15 is 0 Å². The van der Waals surface area contributed by atoms with Gasteiger partial charge < -0.3 is 15.2 Å². The van der Waals surface area contributed by atoms with Crippen LogP contribution in [0.25, 0.3) is 0 Å². The zero-order chi connectivity index (χ0) is 16.8. The number of nitrogens with one attached hydrogen (secondary N) is 1. The van der Waals surface area contributed by atoms with Gasteiger partial charge in [-0.3, -0.25) is 9.59 Å². The summed E-state index contributed by atoms with van der Waals surface area (Å²) in [7, 11) is 1.57. The number of benzene rings is 1. The Morgan fingerprint density at radius 2 is 2.22 bits per heavy atom. The first-order valence-corrected chi connectivity index (χ1v) is 7.02.